The third-order valence-electron chi connectivity index (χ3n) is 3.37. The molecule has 15 heteroatoms. The van der Waals surface area contributed by atoms with Crippen molar-refractivity contribution in [2.75, 3.05) is 6.61 Å². The number of ether oxygens (including phenoxy) is 1. The maximum absolute atomic E-state index is 11.6. The first kappa shape index (κ1) is 23.4. The van der Waals surface area contributed by atoms with Gasteiger partial charge >= 0.3 is 59.1 Å². The molecule has 0 aromatic carbocycles. The number of phosphoric acid groups is 1. The van der Waals surface area contributed by atoms with Gasteiger partial charge in [-0.25, -0.2) is 9.97 Å². The standard InChI is InChI=1S/C10H13N4O8P.2Na/c15-6-4(1-21-23(18,19)20)22-10(7(6)16)14-3-13-5-8(14)11-2-12-9(5)17;;/h2-4,6-7,10,15-16H,1H2,(H,11,12,17)(H2,18,19,20);;/q;2*+1/p-2/t4-,6+,7+,10-;;/m1../s1. The molecule has 0 saturated carbocycles. The zero-order chi connectivity index (χ0) is 16.8. The van der Waals surface area contributed by atoms with E-state index in [1.54, 1.807) is 0 Å². The van der Waals surface area contributed by atoms with Gasteiger partial charge in [0.1, 0.15) is 18.3 Å². The zero-order valence-electron chi connectivity index (χ0n) is 13.3. The van der Waals surface area contributed by atoms with Crippen LogP contribution < -0.4 is 74.5 Å². The quantitative estimate of drug-likeness (QED) is 0.333. The minimum absolute atomic E-state index is 0. The Bertz CT molecular complexity index is 825. The van der Waals surface area contributed by atoms with Gasteiger partial charge in [-0.3, -0.25) is 9.36 Å². The van der Waals surface area contributed by atoms with Gasteiger partial charge in [-0.2, -0.15) is 0 Å². The molecule has 126 valence electrons. The zero-order valence-corrected chi connectivity index (χ0v) is 18.2. The Morgan fingerprint density at radius 1 is 1.32 bits per heavy atom. The minimum atomic E-state index is -5.24. The van der Waals surface area contributed by atoms with Gasteiger partial charge in [-0.1, -0.05) is 0 Å². The Balaban J connectivity index is 0.00000156. The second-order valence-electron chi connectivity index (χ2n) is 4.84. The average molecular weight is 392 g/mol. The van der Waals surface area contributed by atoms with Gasteiger partial charge in [-0.05, 0) is 0 Å². The summed E-state index contributed by atoms with van der Waals surface area (Å²) in [6.45, 7) is -0.750. The van der Waals surface area contributed by atoms with Gasteiger partial charge in [0.05, 0.1) is 27.1 Å². The van der Waals surface area contributed by atoms with E-state index in [1.807, 2.05) is 0 Å². The molecule has 25 heavy (non-hydrogen) atoms. The third kappa shape index (κ3) is 4.99. The first-order valence-electron chi connectivity index (χ1n) is 6.36. The van der Waals surface area contributed by atoms with Gasteiger partial charge in [0.2, 0.25) is 0 Å². The molecular formula is C10H11N4Na2O8P. The number of aliphatic hydroxyl groups excluding tert-OH is 2. The molecule has 1 fully saturated rings. The fraction of sp³-hybridized carbons (Fsp3) is 0.500. The number of aromatic nitrogens is 4. The van der Waals surface area contributed by atoms with Crippen LogP contribution in [0.25, 0.3) is 11.2 Å². The monoisotopic (exact) mass is 392 g/mol. The Morgan fingerprint density at radius 2 is 2.00 bits per heavy atom. The van der Waals surface area contributed by atoms with Gasteiger partial charge in [0.15, 0.2) is 17.4 Å². The van der Waals surface area contributed by atoms with E-state index >= 15 is 0 Å². The summed E-state index contributed by atoms with van der Waals surface area (Å²) in [5.41, 5.74) is -0.397. The number of aromatic amines is 1. The van der Waals surface area contributed by atoms with Crippen LogP contribution in [-0.2, 0) is 13.8 Å². The molecule has 1 saturated heterocycles. The summed E-state index contributed by atoms with van der Waals surface area (Å²) in [6, 6.07) is 0. The SMILES string of the molecule is O=c1[nH]cnc2c1ncn2[C@@H]1O[C@H](COP(=O)([O-])[O-])[C@H](O)[C@@H]1O.[Na+].[Na+]. The number of nitrogens with zero attached hydrogens (tertiary/aromatic N) is 3. The summed E-state index contributed by atoms with van der Waals surface area (Å²) in [5.74, 6) is 0. The van der Waals surface area contributed by atoms with E-state index in [2.05, 4.69) is 19.5 Å². The van der Waals surface area contributed by atoms with Crippen molar-refractivity contribution >= 4 is 19.0 Å². The summed E-state index contributed by atoms with van der Waals surface area (Å²) in [4.78, 5) is 42.6. The van der Waals surface area contributed by atoms with Crippen LogP contribution in [0.2, 0.25) is 0 Å². The topological polar surface area (TPSA) is 186 Å². The van der Waals surface area contributed by atoms with Crippen molar-refractivity contribution in [2.24, 2.45) is 0 Å². The Labute approximate surface area is 184 Å². The molecule has 0 bridgehead atoms. The number of H-pyrrole nitrogens is 1. The van der Waals surface area contributed by atoms with Crippen molar-refractivity contribution in [3.63, 3.8) is 0 Å². The fourth-order valence-electron chi connectivity index (χ4n) is 2.31. The molecule has 2 aromatic heterocycles. The van der Waals surface area contributed by atoms with Crippen molar-refractivity contribution in [3.05, 3.63) is 23.0 Å². The number of hydrogen-bond acceptors (Lipinski definition) is 10. The molecular weight excluding hydrogens is 381 g/mol. The van der Waals surface area contributed by atoms with Crippen LogP contribution in [0.3, 0.4) is 0 Å². The van der Waals surface area contributed by atoms with Crippen LogP contribution in [0.1, 0.15) is 6.23 Å². The van der Waals surface area contributed by atoms with Gasteiger partial charge in [0, 0.05) is 0 Å². The molecule has 1 aliphatic rings. The molecule has 0 unspecified atom stereocenters. The largest absolute Gasteiger partial charge is 1.00 e. The smallest absolute Gasteiger partial charge is 0.790 e. The predicted octanol–water partition coefficient (Wildman–Crippen LogP) is -9.41. The van der Waals surface area contributed by atoms with Crippen LogP contribution in [0, 0.1) is 0 Å². The van der Waals surface area contributed by atoms with E-state index < -0.39 is 44.5 Å². The van der Waals surface area contributed by atoms with Crippen LogP contribution in [-0.4, -0.2) is 54.7 Å². The number of nitrogens with one attached hydrogen (secondary N) is 1. The molecule has 12 nitrogen and oxygen atoms in total. The van der Waals surface area contributed by atoms with E-state index in [-0.39, 0.29) is 70.3 Å². The summed E-state index contributed by atoms with van der Waals surface area (Å²) >= 11 is 0. The average Bonchev–Trinajstić information content (AvgIpc) is 3.01. The second-order valence-corrected chi connectivity index (χ2v) is 6.00. The number of phosphoric ester groups is 1. The molecule has 0 radical (unpaired) electrons. The third-order valence-corrected chi connectivity index (χ3v) is 3.84. The van der Waals surface area contributed by atoms with Crippen molar-refractivity contribution in [3.8, 4) is 0 Å². The Morgan fingerprint density at radius 3 is 2.64 bits per heavy atom. The molecule has 0 spiro atoms. The Hall–Kier alpha value is 0.340. The molecule has 2 aromatic rings. The summed E-state index contributed by atoms with van der Waals surface area (Å²) in [6.07, 6.45) is -3.11. The Kier molecular flexibility index (Phi) is 8.44. The van der Waals surface area contributed by atoms with E-state index in [4.69, 9.17) is 4.74 Å². The second kappa shape index (κ2) is 9.02. The predicted molar refractivity (Wildman–Crippen MR) is 67.6 cm³/mol. The van der Waals surface area contributed by atoms with Crippen LogP contribution >= 0.6 is 7.82 Å². The van der Waals surface area contributed by atoms with Crippen molar-refractivity contribution in [1.29, 1.82) is 0 Å². The van der Waals surface area contributed by atoms with Crippen molar-refractivity contribution in [2.45, 2.75) is 24.5 Å². The minimum Gasteiger partial charge on any atom is -0.790 e. The molecule has 3 N–H and O–H groups in total. The van der Waals surface area contributed by atoms with Crippen LogP contribution in [0.15, 0.2) is 17.4 Å². The van der Waals surface area contributed by atoms with E-state index in [1.165, 1.54) is 10.9 Å². The maximum Gasteiger partial charge on any atom is 1.00 e. The van der Waals surface area contributed by atoms with Crippen molar-refractivity contribution in [1.82, 2.24) is 19.5 Å². The van der Waals surface area contributed by atoms with Gasteiger partial charge in [-0.15, -0.1) is 0 Å². The van der Waals surface area contributed by atoms with E-state index in [9.17, 15) is 29.4 Å². The van der Waals surface area contributed by atoms with Crippen LogP contribution in [0.5, 0.6) is 0 Å². The van der Waals surface area contributed by atoms with E-state index in [0.717, 1.165) is 6.33 Å². The summed E-state index contributed by atoms with van der Waals surface area (Å²) < 4.78 is 21.1. The summed E-state index contributed by atoms with van der Waals surface area (Å²) in [5, 5.41) is 19.9. The molecule has 3 heterocycles. The fourth-order valence-corrected chi connectivity index (χ4v) is 2.64. The molecule has 3 rings (SSSR count). The van der Waals surface area contributed by atoms with Crippen molar-refractivity contribution < 1.29 is 92.9 Å². The number of rotatable bonds is 4. The maximum atomic E-state index is 11.6. The summed E-state index contributed by atoms with van der Waals surface area (Å²) in [7, 11) is -5.24. The van der Waals surface area contributed by atoms with Gasteiger partial charge < -0.3 is 38.8 Å². The molecule has 1 aliphatic heterocycles. The molecule has 0 amide bonds. The van der Waals surface area contributed by atoms with Gasteiger partial charge in [0.25, 0.3) is 5.56 Å². The molecule has 0 aliphatic carbocycles. The number of imidazole rings is 1. The normalized spacial score (nSPS) is 26.2. The molecule has 4 atom stereocenters. The first-order valence-corrected chi connectivity index (χ1v) is 7.82. The first-order chi connectivity index (χ1) is 10.8. The number of fused-ring (bicyclic) bond motifs is 1. The van der Waals surface area contributed by atoms with Crippen LogP contribution in [0.4, 0.5) is 0 Å². The number of aliphatic hydroxyl groups is 2. The van der Waals surface area contributed by atoms with E-state index in [0.29, 0.717) is 0 Å². The number of hydrogen-bond donors (Lipinski definition) is 3.